The maximum absolute atomic E-state index is 12.4. The maximum atomic E-state index is 12.4. The molecule has 0 unspecified atom stereocenters. The van der Waals surface area contributed by atoms with E-state index in [9.17, 15) is 4.79 Å². The Bertz CT molecular complexity index is 737. The molecule has 0 atom stereocenters. The van der Waals surface area contributed by atoms with Crippen molar-refractivity contribution in [3.05, 3.63) is 60.0 Å². The minimum absolute atomic E-state index is 0.176. The number of hydrogen-bond donors (Lipinski definition) is 2. The van der Waals surface area contributed by atoms with Crippen molar-refractivity contribution in [2.24, 2.45) is 5.73 Å². The quantitative estimate of drug-likeness (QED) is 0.439. The number of hydrogen-bond acceptors (Lipinski definition) is 2. The SMILES string of the molecule is NC(=S)c1ccc(NC(=O)c2cc(Br)ccc2I)c(Br)c1. The fraction of sp³-hybridized carbons (Fsp3) is 0. The molecule has 2 rings (SSSR count). The molecular formula is C14H9Br2IN2OS. The van der Waals surface area contributed by atoms with E-state index in [2.05, 4.69) is 59.8 Å². The molecule has 2 aromatic carbocycles. The van der Waals surface area contributed by atoms with Gasteiger partial charge in [-0.15, -0.1) is 0 Å². The fourth-order valence-electron chi connectivity index (χ4n) is 1.63. The van der Waals surface area contributed by atoms with E-state index in [4.69, 9.17) is 18.0 Å². The second kappa shape index (κ2) is 7.17. The molecule has 0 aromatic heterocycles. The normalized spacial score (nSPS) is 10.2. The highest BCUT2D eigenvalue weighted by atomic mass is 127. The van der Waals surface area contributed by atoms with Crippen LogP contribution in [-0.4, -0.2) is 10.9 Å². The average Bonchev–Trinajstić information content (AvgIpc) is 2.43. The highest BCUT2D eigenvalue weighted by Gasteiger charge is 2.12. The summed E-state index contributed by atoms with van der Waals surface area (Å²) in [6.45, 7) is 0. The van der Waals surface area contributed by atoms with Gasteiger partial charge in [0, 0.05) is 18.1 Å². The molecule has 21 heavy (non-hydrogen) atoms. The van der Waals surface area contributed by atoms with Crippen LogP contribution in [0.1, 0.15) is 15.9 Å². The zero-order valence-electron chi connectivity index (χ0n) is 10.5. The highest BCUT2D eigenvalue weighted by Crippen LogP contribution is 2.25. The second-order valence-electron chi connectivity index (χ2n) is 4.14. The van der Waals surface area contributed by atoms with Gasteiger partial charge in [0.05, 0.1) is 11.3 Å². The lowest BCUT2D eigenvalue weighted by Crippen LogP contribution is -2.14. The zero-order chi connectivity index (χ0) is 15.6. The number of thiocarbonyl (C=S) groups is 1. The summed E-state index contributed by atoms with van der Waals surface area (Å²) in [6, 6.07) is 10.9. The molecule has 108 valence electrons. The third-order valence-corrected chi connectivity index (χ3v) is 5.00. The molecule has 0 saturated heterocycles. The molecule has 0 aliphatic heterocycles. The van der Waals surface area contributed by atoms with E-state index in [1.807, 2.05) is 12.1 Å². The van der Waals surface area contributed by atoms with Crippen molar-refractivity contribution in [1.29, 1.82) is 0 Å². The molecule has 2 aromatic rings. The zero-order valence-corrected chi connectivity index (χ0v) is 16.6. The van der Waals surface area contributed by atoms with Crippen LogP contribution < -0.4 is 11.1 Å². The Morgan fingerprint density at radius 1 is 1.19 bits per heavy atom. The summed E-state index contributed by atoms with van der Waals surface area (Å²) in [4.78, 5) is 12.7. The largest absolute Gasteiger partial charge is 0.389 e. The van der Waals surface area contributed by atoms with Crippen molar-refractivity contribution < 1.29 is 4.79 Å². The number of rotatable bonds is 3. The van der Waals surface area contributed by atoms with Crippen LogP contribution in [0.2, 0.25) is 0 Å². The van der Waals surface area contributed by atoms with Crippen molar-refractivity contribution in [2.75, 3.05) is 5.32 Å². The van der Waals surface area contributed by atoms with Gasteiger partial charge in [0.15, 0.2) is 0 Å². The van der Waals surface area contributed by atoms with Gasteiger partial charge >= 0.3 is 0 Å². The van der Waals surface area contributed by atoms with Crippen LogP contribution >= 0.6 is 66.7 Å². The fourth-order valence-corrected chi connectivity index (χ4v) is 3.18. The summed E-state index contributed by atoms with van der Waals surface area (Å²) in [5.41, 5.74) is 7.59. The number of carbonyl (C=O) groups excluding carboxylic acids is 1. The molecule has 0 aliphatic carbocycles. The van der Waals surface area contributed by atoms with Crippen LogP contribution in [0.25, 0.3) is 0 Å². The molecule has 0 saturated carbocycles. The first-order chi connectivity index (χ1) is 9.88. The van der Waals surface area contributed by atoms with Crippen LogP contribution in [0.3, 0.4) is 0 Å². The minimum Gasteiger partial charge on any atom is -0.389 e. The molecule has 0 fully saturated rings. The molecule has 0 radical (unpaired) electrons. The van der Waals surface area contributed by atoms with E-state index < -0.39 is 0 Å². The number of halogens is 3. The van der Waals surface area contributed by atoms with E-state index >= 15 is 0 Å². The first-order valence-corrected chi connectivity index (χ1v) is 8.81. The third kappa shape index (κ3) is 4.24. The van der Waals surface area contributed by atoms with Gasteiger partial charge in [-0.2, -0.15) is 0 Å². The van der Waals surface area contributed by atoms with E-state index in [-0.39, 0.29) is 5.91 Å². The Morgan fingerprint density at radius 3 is 2.52 bits per heavy atom. The van der Waals surface area contributed by atoms with Crippen molar-refractivity contribution in [3.63, 3.8) is 0 Å². The summed E-state index contributed by atoms with van der Waals surface area (Å²) in [5, 5.41) is 2.87. The number of nitrogens with two attached hydrogens (primary N) is 1. The summed E-state index contributed by atoms with van der Waals surface area (Å²) in [7, 11) is 0. The number of benzene rings is 2. The molecule has 3 N–H and O–H groups in total. The van der Waals surface area contributed by atoms with Gasteiger partial charge in [0.1, 0.15) is 4.99 Å². The third-order valence-electron chi connectivity index (χ3n) is 2.67. The van der Waals surface area contributed by atoms with Gasteiger partial charge in [-0.25, -0.2) is 0 Å². The minimum atomic E-state index is -0.176. The Morgan fingerprint density at radius 2 is 1.90 bits per heavy atom. The number of anilines is 1. The molecule has 7 heteroatoms. The number of nitrogens with one attached hydrogen (secondary N) is 1. The molecular weight excluding hydrogens is 531 g/mol. The second-order valence-corrected chi connectivity index (χ2v) is 7.51. The van der Waals surface area contributed by atoms with Crippen LogP contribution in [0.5, 0.6) is 0 Å². The van der Waals surface area contributed by atoms with Gasteiger partial charge in [-0.05, 0) is 74.9 Å². The summed E-state index contributed by atoms with van der Waals surface area (Å²) < 4.78 is 2.46. The monoisotopic (exact) mass is 538 g/mol. The van der Waals surface area contributed by atoms with Crippen molar-refractivity contribution >= 4 is 83.3 Å². The first kappa shape index (κ1) is 16.9. The van der Waals surface area contributed by atoms with Crippen LogP contribution in [0.15, 0.2) is 45.3 Å². The standard InChI is InChI=1S/C14H9Br2IN2OS/c15-8-2-3-11(17)9(6-8)14(20)19-12-4-1-7(13(18)21)5-10(12)16/h1-6H,(H2,18,21)(H,19,20). The van der Waals surface area contributed by atoms with Crippen LogP contribution in [0, 0.1) is 3.57 Å². The number of carbonyl (C=O) groups is 1. The van der Waals surface area contributed by atoms with E-state index in [0.29, 0.717) is 16.2 Å². The topological polar surface area (TPSA) is 55.1 Å². The average molecular weight is 540 g/mol. The number of amides is 1. The Kier molecular flexibility index (Phi) is 5.75. The molecule has 0 spiro atoms. The Labute approximate surface area is 158 Å². The van der Waals surface area contributed by atoms with Crippen LogP contribution in [0.4, 0.5) is 5.69 Å². The van der Waals surface area contributed by atoms with Gasteiger partial charge < -0.3 is 11.1 Å². The van der Waals surface area contributed by atoms with Crippen molar-refractivity contribution in [1.82, 2.24) is 0 Å². The van der Waals surface area contributed by atoms with Crippen LogP contribution in [-0.2, 0) is 0 Å². The molecule has 0 heterocycles. The molecule has 0 aliphatic rings. The smallest absolute Gasteiger partial charge is 0.256 e. The lowest BCUT2D eigenvalue weighted by atomic mass is 10.2. The van der Waals surface area contributed by atoms with E-state index in [1.165, 1.54) is 0 Å². The molecule has 0 bridgehead atoms. The lowest BCUT2D eigenvalue weighted by molar-refractivity contribution is 0.102. The lowest BCUT2D eigenvalue weighted by Gasteiger charge is -2.10. The van der Waals surface area contributed by atoms with Gasteiger partial charge in [-0.1, -0.05) is 28.1 Å². The van der Waals surface area contributed by atoms with E-state index in [1.54, 1.807) is 24.3 Å². The Hall–Kier alpha value is -0.510. The van der Waals surface area contributed by atoms with Gasteiger partial charge in [0.2, 0.25) is 0 Å². The summed E-state index contributed by atoms with van der Waals surface area (Å²) in [6.07, 6.45) is 0. The predicted octanol–water partition coefficient (Wildman–Crippen LogP) is 4.70. The first-order valence-electron chi connectivity index (χ1n) is 5.74. The Balaban J connectivity index is 2.27. The van der Waals surface area contributed by atoms with Crippen molar-refractivity contribution in [3.8, 4) is 0 Å². The molecule has 3 nitrogen and oxygen atoms in total. The maximum Gasteiger partial charge on any atom is 0.256 e. The predicted molar refractivity (Wildman–Crippen MR) is 105 cm³/mol. The summed E-state index contributed by atoms with van der Waals surface area (Å²) in [5.74, 6) is -0.176. The summed E-state index contributed by atoms with van der Waals surface area (Å²) >= 11 is 13.8. The molecule has 1 amide bonds. The van der Waals surface area contributed by atoms with Crippen molar-refractivity contribution in [2.45, 2.75) is 0 Å². The van der Waals surface area contributed by atoms with E-state index in [0.717, 1.165) is 18.1 Å². The highest BCUT2D eigenvalue weighted by molar-refractivity contribution is 14.1. The van der Waals surface area contributed by atoms with Gasteiger partial charge in [0.25, 0.3) is 5.91 Å². The van der Waals surface area contributed by atoms with Gasteiger partial charge in [-0.3, -0.25) is 4.79 Å².